The summed E-state index contributed by atoms with van der Waals surface area (Å²) in [4.78, 5) is 31.8. The van der Waals surface area contributed by atoms with Gasteiger partial charge in [0.1, 0.15) is 0 Å². The fraction of sp³-hybridized carbons (Fsp3) is 0.321. The molecule has 0 amide bonds. The molecule has 0 aliphatic carbocycles. The average molecular weight is 475 g/mol. The van der Waals surface area contributed by atoms with Gasteiger partial charge >= 0.3 is 5.97 Å². The van der Waals surface area contributed by atoms with E-state index in [9.17, 15) is 9.59 Å². The number of carbonyl (C=O) groups excluding carboxylic acids is 1. The number of carbonyl (C=O) groups is 1. The minimum absolute atomic E-state index is 0.0624. The van der Waals surface area contributed by atoms with Gasteiger partial charge in [-0.1, -0.05) is 86.2 Å². The van der Waals surface area contributed by atoms with Gasteiger partial charge in [-0.3, -0.25) is 9.36 Å². The molecule has 0 saturated heterocycles. The smallest absolute Gasteiger partial charge is 0.338 e. The van der Waals surface area contributed by atoms with E-state index in [1.165, 1.54) is 16.9 Å². The first-order valence-corrected chi connectivity index (χ1v) is 12.3. The lowest BCUT2D eigenvalue weighted by Crippen LogP contribution is -2.39. The second-order valence-electron chi connectivity index (χ2n) is 9.58. The largest absolute Gasteiger partial charge is 0.463 e. The van der Waals surface area contributed by atoms with Gasteiger partial charge < -0.3 is 4.74 Å². The predicted molar refractivity (Wildman–Crippen MR) is 137 cm³/mol. The summed E-state index contributed by atoms with van der Waals surface area (Å²) in [6, 6.07) is 15.6. The van der Waals surface area contributed by atoms with Gasteiger partial charge in [0.15, 0.2) is 4.80 Å². The van der Waals surface area contributed by atoms with E-state index in [0.717, 1.165) is 16.7 Å². The van der Waals surface area contributed by atoms with Gasteiger partial charge in [-0.25, -0.2) is 9.79 Å². The van der Waals surface area contributed by atoms with E-state index in [1.807, 2.05) is 49.4 Å². The van der Waals surface area contributed by atoms with Crippen molar-refractivity contribution < 1.29 is 9.53 Å². The number of nitrogens with zero attached hydrogens (tertiary/aromatic N) is 2. The summed E-state index contributed by atoms with van der Waals surface area (Å²) in [6.45, 7) is 12.4. The highest BCUT2D eigenvalue weighted by atomic mass is 32.1. The van der Waals surface area contributed by atoms with E-state index in [4.69, 9.17) is 4.74 Å². The molecule has 6 heteroatoms. The fourth-order valence-electron chi connectivity index (χ4n) is 4.09. The number of fused-ring (bicyclic) bond motifs is 1. The molecule has 1 aliphatic rings. The molecule has 0 saturated carbocycles. The van der Waals surface area contributed by atoms with Crippen molar-refractivity contribution in [3.8, 4) is 0 Å². The summed E-state index contributed by atoms with van der Waals surface area (Å²) in [5, 5.41) is 0. The third-order valence-corrected chi connectivity index (χ3v) is 6.97. The van der Waals surface area contributed by atoms with E-state index in [-0.39, 0.29) is 17.6 Å². The summed E-state index contributed by atoms with van der Waals surface area (Å²) in [7, 11) is 0. The molecule has 2 heterocycles. The summed E-state index contributed by atoms with van der Waals surface area (Å²) in [5.74, 6) is -0.443. The second kappa shape index (κ2) is 9.18. The molecule has 2 aromatic carbocycles. The van der Waals surface area contributed by atoms with Crippen LogP contribution in [-0.4, -0.2) is 17.1 Å². The topological polar surface area (TPSA) is 60.7 Å². The number of allylic oxidation sites excluding steroid dienone is 1. The zero-order chi connectivity index (χ0) is 24.6. The SMILES string of the molecule is CCOC(=O)C1=C(C)N=c2s/c(=C\c3ccc(C(C)(C)C)cc3)c(=O)n2[C@H]1c1ccc(C)cc1. The highest BCUT2D eigenvalue weighted by Gasteiger charge is 2.33. The van der Waals surface area contributed by atoms with Crippen molar-refractivity contribution in [2.45, 2.75) is 53.0 Å². The highest BCUT2D eigenvalue weighted by molar-refractivity contribution is 7.07. The average Bonchev–Trinajstić information content (AvgIpc) is 3.08. The van der Waals surface area contributed by atoms with Crippen LogP contribution in [0, 0.1) is 6.92 Å². The fourth-order valence-corrected chi connectivity index (χ4v) is 5.13. The van der Waals surface area contributed by atoms with Crippen LogP contribution in [0.15, 0.2) is 69.6 Å². The summed E-state index contributed by atoms with van der Waals surface area (Å²) in [5.41, 5.74) is 5.02. The summed E-state index contributed by atoms with van der Waals surface area (Å²) < 4.78 is 7.56. The van der Waals surface area contributed by atoms with E-state index in [1.54, 1.807) is 18.4 Å². The first-order chi connectivity index (χ1) is 16.1. The number of ether oxygens (including phenoxy) is 1. The third-order valence-electron chi connectivity index (χ3n) is 5.98. The molecule has 34 heavy (non-hydrogen) atoms. The normalized spacial score (nSPS) is 16.3. The van der Waals surface area contributed by atoms with Gasteiger partial charge in [0.25, 0.3) is 5.56 Å². The molecule has 4 rings (SSSR count). The van der Waals surface area contributed by atoms with Gasteiger partial charge in [-0.2, -0.15) is 0 Å². The molecule has 176 valence electrons. The lowest BCUT2D eigenvalue weighted by atomic mass is 9.87. The Bertz CT molecular complexity index is 1430. The molecule has 1 aromatic heterocycles. The molecule has 0 N–H and O–H groups in total. The van der Waals surface area contributed by atoms with Crippen molar-refractivity contribution in [3.63, 3.8) is 0 Å². The Morgan fingerprint density at radius 1 is 1.09 bits per heavy atom. The highest BCUT2D eigenvalue weighted by Crippen LogP contribution is 2.31. The van der Waals surface area contributed by atoms with Crippen molar-refractivity contribution in [3.05, 3.63) is 102 Å². The molecule has 0 bridgehead atoms. The second-order valence-corrected chi connectivity index (χ2v) is 10.6. The Labute approximate surface area is 203 Å². The van der Waals surface area contributed by atoms with E-state index in [2.05, 4.69) is 37.9 Å². The molecule has 0 spiro atoms. The molecule has 3 aromatic rings. The van der Waals surface area contributed by atoms with Crippen molar-refractivity contribution in [2.24, 2.45) is 4.99 Å². The minimum Gasteiger partial charge on any atom is -0.463 e. The summed E-state index contributed by atoms with van der Waals surface area (Å²) >= 11 is 1.34. The first-order valence-electron chi connectivity index (χ1n) is 11.5. The Morgan fingerprint density at radius 2 is 1.74 bits per heavy atom. The standard InChI is InChI=1S/C28H30N2O3S/c1-7-33-26(32)23-18(3)29-27-30(24(23)20-12-8-17(2)9-13-20)25(31)22(34-27)16-19-10-14-21(15-11-19)28(4,5)6/h8-16,24H,7H2,1-6H3/b22-16-/t24-/m0/s1. The lowest BCUT2D eigenvalue weighted by molar-refractivity contribution is -0.139. The molecule has 1 aliphatic heterocycles. The van der Waals surface area contributed by atoms with Crippen LogP contribution in [-0.2, 0) is 14.9 Å². The predicted octanol–water partition coefficient (Wildman–Crippen LogP) is 4.40. The molecule has 5 nitrogen and oxygen atoms in total. The molecular weight excluding hydrogens is 444 g/mol. The van der Waals surface area contributed by atoms with Crippen molar-refractivity contribution in [1.82, 2.24) is 4.57 Å². The number of thiazole rings is 1. The Hall–Kier alpha value is -3.25. The number of aromatic nitrogens is 1. The van der Waals surface area contributed by atoms with Gasteiger partial charge in [0.05, 0.1) is 28.5 Å². The van der Waals surface area contributed by atoms with E-state index in [0.29, 0.717) is 20.6 Å². The Morgan fingerprint density at radius 3 is 2.32 bits per heavy atom. The number of rotatable bonds is 4. The quantitative estimate of drug-likeness (QED) is 0.527. The van der Waals surface area contributed by atoms with Gasteiger partial charge in [0, 0.05) is 0 Å². The van der Waals surface area contributed by atoms with Crippen LogP contribution in [0.1, 0.15) is 62.9 Å². The number of esters is 1. The number of hydrogen-bond donors (Lipinski definition) is 0. The van der Waals surface area contributed by atoms with Gasteiger partial charge in [0.2, 0.25) is 0 Å². The van der Waals surface area contributed by atoms with Crippen LogP contribution in [0.5, 0.6) is 0 Å². The minimum atomic E-state index is -0.582. The zero-order valence-electron chi connectivity index (χ0n) is 20.5. The maximum atomic E-state index is 13.6. The van der Waals surface area contributed by atoms with Crippen LogP contribution in [0.3, 0.4) is 0 Å². The summed E-state index contributed by atoms with van der Waals surface area (Å²) in [6.07, 6.45) is 1.89. The van der Waals surface area contributed by atoms with Crippen LogP contribution >= 0.6 is 11.3 Å². The van der Waals surface area contributed by atoms with Gasteiger partial charge in [-0.05, 0) is 49.0 Å². The first kappa shape index (κ1) is 23.9. The van der Waals surface area contributed by atoms with Crippen LogP contribution < -0.4 is 14.9 Å². The molecule has 0 fully saturated rings. The molecular formula is C28H30N2O3S. The Balaban J connectivity index is 1.88. The van der Waals surface area contributed by atoms with E-state index >= 15 is 0 Å². The number of benzene rings is 2. The van der Waals surface area contributed by atoms with Crippen molar-refractivity contribution in [2.75, 3.05) is 6.61 Å². The molecule has 0 unspecified atom stereocenters. The van der Waals surface area contributed by atoms with Crippen LogP contribution in [0.4, 0.5) is 0 Å². The van der Waals surface area contributed by atoms with Crippen LogP contribution in [0.2, 0.25) is 0 Å². The maximum absolute atomic E-state index is 13.6. The monoisotopic (exact) mass is 474 g/mol. The Kier molecular flexibility index (Phi) is 6.45. The molecule has 0 radical (unpaired) electrons. The lowest BCUT2D eigenvalue weighted by Gasteiger charge is -2.24. The maximum Gasteiger partial charge on any atom is 0.338 e. The number of hydrogen-bond acceptors (Lipinski definition) is 5. The zero-order valence-corrected chi connectivity index (χ0v) is 21.3. The molecule has 1 atom stereocenters. The van der Waals surface area contributed by atoms with Crippen LogP contribution in [0.25, 0.3) is 6.08 Å². The van der Waals surface area contributed by atoms with E-state index < -0.39 is 12.0 Å². The number of aryl methyl sites for hydroxylation is 1. The van der Waals surface area contributed by atoms with Crippen molar-refractivity contribution >= 4 is 23.4 Å². The third kappa shape index (κ3) is 4.55. The van der Waals surface area contributed by atoms with Crippen molar-refractivity contribution in [1.29, 1.82) is 0 Å². The van der Waals surface area contributed by atoms with Gasteiger partial charge in [-0.15, -0.1) is 0 Å².